The number of hydrogen-bond acceptors (Lipinski definition) is 3. The number of aryl methyl sites for hydroxylation is 1. The number of alkyl halides is 3. The summed E-state index contributed by atoms with van der Waals surface area (Å²) < 4.78 is 41.3. The zero-order valence-electron chi connectivity index (χ0n) is 22.2. The normalized spacial score (nSPS) is 12.6. The van der Waals surface area contributed by atoms with Gasteiger partial charge in [0, 0.05) is 28.1 Å². The van der Waals surface area contributed by atoms with Crippen LogP contribution in [-0.4, -0.2) is 33.3 Å². The van der Waals surface area contributed by atoms with Crippen LogP contribution >= 0.6 is 11.6 Å². The van der Waals surface area contributed by atoms with Gasteiger partial charge in [-0.05, 0) is 72.4 Å². The van der Waals surface area contributed by atoms with Crippen molar-refractivity contribution in [3.63, 3.8) is 0 Å². The molecule has 1 amide bonds. The van der Waals surface area contributed by atoms with Crippen molar-refractivity contribution in [1.29, 1.82) is 0 Å². The number of rotatable bonds is 9. The van der Waals surface area contributed by atoms with Crippen molar-refractivity contribution in [3.8, 4) is 11.1 Å². The quantitative estimate of drug-likeness (QED) is 0.217. The van der Waals surface area contributed by atoms with Crippen LogP contribution in [0.25, 0.3) is 22.0 Å². The van der Waals surface area contributed by atoms with Gasteiger partial charge in [0.05, 0.1) is 29.7 Å². The SMILES string of the molecule is Cc1cc2c(cnn2[C@@H](CC(C)C)c2ccc(C(=O)NCCC(=O)O)cc2)cc1-c1ccc(C(F)(F)F)cc1Cl. The predicted octanol–water partition coefficient (Wildman–Crippen LogP) is 7.52. The van der Waals surface area contributed by atoms with Gasteiger partial charge in [-0.15, -0.1) is 0 Å². The van der Waals surface area contributed by atoms with E-state index in [-0.39, 0.29) is 29.9 Å². The van der Waals surface area contributed by atoms with E-state index in [1.807, 2.05) is 35.9 Å². The molecule has 0 aliphatic rings. The molecule has 1 aromatic heterocycles. The molecule has 0 fully saturated rings. The number of carboxylic acids is 1. The Morgan fingerprint density at radius 2 is 1.75 bits per heavy atom. The first-order chi connectivity index (χ1) is 18.8. The molecule has 0 radical (unpaired) electrons. The van der Waals surface area contributed by atoms with E-state index >= 15 is 0 Å². The minimum atomic E-state index is -4.48. The van der Waals surface area contributed by atoms with E-state index in [2.05, 4.69) is 24.3 Å². The highest BCUT2D eigenvalue weighted by Crippen LogP contribution is 2.38. The summed E-state index contributed by atoms with van der Waals surface area (Å²) in [5.74, 6) is -0.999. The molecule has 1 atom stereocenters. The molecule has 4 aromatic rings. The van der Waals surface area contributed by atoms with Crippen LogP contribution in [0.4, 0.5) is 13.2 Å². The number of amides is 1. The number of aromatic nitrogens is 2. The van der Waals surface area contributed by atoms with E-state index in [4.69, 9.17) is 16.7 Å². The smallest absolute Gasteiger partial charge is 0.416 e. The summed E-state index contributed by atoms with van der Waals surface area (Å²) in [5, 5.41) is 16.9. The van der Waals surface area contributed by atoms with Crippen LogP contribution in [-0.2, 0) is 11.0 Å². The summed E-state index contributed by atoms with van der Waals surface area (Å²) in [4.78, 5) is 23.1. The Hall–Kier alpha value is -3.85. The Morgan fingerprint density at radius 3 is 2.35 bits per heavy atom. The first-order valence-electron chi connectivity index (χ1n) is 12.8. The maximum Gasteiger partial charge on any atom is 0.416 e. The van der Waals surface area contributed by atoms with Crippen molar-refractivity contribution in [2.24, 2.45) is 5.92 Å². The van der Waals surface area contributed by atoms with Gasteiger partial charge in [-0.2, -0.15) is 18.3 Å². The minimum absolute atomic E-state index is 0.0226. The third kappa shape index (κ3) is 6.47. The van der Waals surface area contributed by atoms with Crippen LogP contribution in [0.15, 0.2) is 60.8 Å². The average molecular weight is 572 g/mol. The maximum atomic E-state index is 13.1. The largest absolute Gasteiger partial charge is 0.481 e. The number of fused-ring (bicyclic) bond motifs is 1. The van der Waals surface area contributed by atoms with Crippen LogP contribution in [0.1, 0.15) is 59.8 Å². The summed E-state index contributed by atoms with van der Waals surface area (Å²) in [6.07, 6.45) is -2.13. The van der Waals surface area contributed by atoms with Crippen LogP contribution in [0, 0.1) is 12.8 Å². The molecule has 1 heterocycles. The molecule has 0 spiro atoms. The lowest BCUT2D eigenvalue weighted by atomic mass is 9.95. The monoisotopic (exact) mass is 571 g/mol. The second-order valence-corrected chi connectivity index (χ2v) is 10.6. The van der Waals surface area contributed by atoms with Crippen LogP contribution in [0.5, 0.6) is 0 Å². The zero-order chi connectivity index (χ0) is 29.2. The van der Waals surface area contributed by atoms with Crippen molar-refractivity contribution < 1.29 is 27.9 Å². The lowest BCUT2D eigenvalue weighted by Gasteiger charge is -2.22. The molecular weight excluding hydrogens is 543 g/mol. The molecular formula is C30H29ClF3N3O3. The molecule has 10 heteroatoms. The van der Waals surface area contributed by atoms with E-state index < -0.39 is 17.7 Å². The molecule has 210 valence electrons. The lowest BCUT2D eigenvalue weighted by molar-refractivity contribution is -0.138. The van der Waals surface area contributed by atoms with Gasteiger partial charge in [-0.1, -0.05) is 43.6 Å². The number of nitrogens with one attached hydrogen (secondary N) is 1. The number of nitrogens with zero attached hydrogens (tertiary/aromatic N) is 2. The van der Waals surface area contributed by atoms with Crippen LogP contribution in [0.2, 0.25) is 5.02 Å². The highest BCUT2D eigenvalue weighted by Gasteiger charge is 2.31. The van der Waals surface area contributed by atoms with Gasteiger partial charge in [0.1, 0.15) is 0 Å². The van der Waals surface area contributed by atoms with Gasteiger partial charge in [0.2, 0.25) is 0 Å². The molecule has 0 aliphatic heterocycles. The zero-order valence-corrected chi connectivity index (χ0v) is 23.0. The molecule has 0 aliphatic carbocycles. The van der Waals surface area contributed by atoms with Crippen LogP contribution in [0.3, 0.4) is 0 Å². The molecule has 2 N–H and O–H groups in total. The molecule has 40 heavy (non-hydrogen) atoms. The summed E-state index contributed by atoms with van der Waals surface area (Å²) in [5.41, 5.74) is 3.53. The third-order valence-electron chi connectivity index (χ3n) is 6.70. The molecule has 0 unspecified atom stereocenters. The van der Waals surface area contributed by atoms with E-state index in [0.29, 0.717) is 17.0 Å². The Morgan fingerprint density at radius 1 is 1.05 bits per heavy atom. The number of hydrogen-bond donors (Lipinski definition) is 2. The highest BCUT2D eigenvalue weighted by atomic mass is 35.5. The van der Waals surface area contributed by atoms with Gasteiger partial charge in [0.15, 0.2) is 0 Å². The number of aliphatic carboxylic acids is 1. The van der Waals surface area contributed by atoms with E-state index in [1.165, 1.54) is 6.07 Å². The highest BCUT2D eigenvalue weighted by molar-refractivity contribution is 6.33. The van der Waals surface area contributed by atoms with Crippen molar-refractivity contribution in [2.75, 3.05) is 6.54 Å². The fourth-order valence-corrected chi connectivity index (χ4v) is 4.99. The average Bonchev–Trinajstić information content (AvgIpc) is 3.28. The molecule has 6 nitrogen and oxygen atoms in total. The summed E-state index contributed by atoms with van der Waals surface area (Å²) in [6.45, 7) is 6.15. The first kappa shape index (κ1) is 29.1. The molecule has 4 rings (SSSR count). The summed E-state index contributed by atoms with van der Waals surface area (Å²) >= 11 is 6.29. The van der Waals surface area contributed by atoms with Gasteiger partial charge in [-0.25, -0.2) is 0 Å². The van der Waals surface area contributed by atoms with Crippen molar-refractivity contribution in [2.45, 2.75) is 45.8 Å². The Balaban J connectivity index is 1.67. The fourth-order valence-electron chi connectivity index (χ4n) is 4.71. The number of carbonyl (C=O) groups excluding carboxylic acids is 1. The molecule has 3 aromatic carbocycles. The van der Waals surface area contributed by atoms with Gasteiger partial charge < -0.3 is 10.4 Å². The van der Waals surface area contributed by atoms with Gasteiger partial charge >= 0.3 is 12.1 Å². The Kier molecular flexibility index (Phi) is 8.54. The first-order valence-corrected chi connectivity index (χ1v) is 13.2. The fraction of sp³-hybridized carbons (Fsp3) is 0.300. The molecule has 0 saturated heterocycles. The number of halogens is 4. The maximum absolute atomic E-state index is 13.1. The topological polar surface area (TPSA) is 84.2 Å². The lowest BCUT2D eigenvalue weighted by Crippen LogP contribution is -2.26. The van der Waals surface area contributed by atoms with Crippen LogP contribution < -0.4 is 5.32 Å². The Labute approximate surface area is 234 Å². The van der Waals surface area contributed by atoms with Crippen molar-refractivity contribution in [1.82, 2.24) is 15.1 Å². The molecule has 0 bridgehead atoms. The number of benzene rings is 3. The summed E-state index contributed by atoms with van der Waals surface area (Å²) in [7, 11) is 0. The van der Waals surface area contributed by atoms with Crippen molar-refractivity contribution in [3.05, 3.63) is 88.1 Å². The molecule has 0 saturated carbocycles. The van der Waals surface area contributed by atoms with E-state index in [0.717, 1.165) is 46.1 Å². The number of carbonyl (C=O) groups is 2. The predicted molar refractivity (Wildman–Crippen MR) is 149 cm³/mol. The standard InChI is InChI=1S/C30H29ClF3N3O3/c1-17(2)12-26(19-4-6-20(7-5-19)29(40)35-11-10-28(38)39)37-27-13-18(3)24(14-21(27)16-36-37)23-9-8-22(15-25(23)31)30(32,33)34/h4-9,13-17,26H,10-12H2,1-3H3,(H,35,40)(H,38,39)/t26-/m0/s1. The van der Waals surface area contributed by atoms with Crippen molar-refractivity contribution >= 4 is 34.4 Å². The van der Waals surface area contributed by atoms with E-state index in [9.17, 15) is 22.8 Å². The summed E-state index contributed by atoms with van der Waals surface area (Å²) in [6, 6.07) is 14.2. The number of carboxylic acid groups (broad SMARTS) is 1. The second-order valence-electron chi connectivity index (χ2n) is 10.2. The third-order valence-corrected chi connectivity index (χ3v) is 7.01. The second kappa shape index (κ2) is 11.7. The van der Waals surface area contributed by atoms with Gasteiger partial charge in [-0.3, -0.25) is 14.3 Å². The Bertz CT molecular complexity index is 1550. The van der Waals surface area contributed by atoms with Gasteiger partial charge in [0.25, 0.3) is 5.91 Å². The van der Waals surface area contributed by atoms with E-state index in [1.54, 1.807) is 18.3 Å². The minimum Gasteiger partial charge on any atom is -0.481 e.